The zero-order valence-electron chi connectivity index (χ0n) is 13.4. The summed E-state index contributed by atoms with van der Waals surface area (Å²) in [5, 5.41) is 0.842. The molecule has 0 radical (unpaired) electrons. The molecule has 24 heavy (non-hydrogen) atoms. The molecule has 4 heteroatoms. The van der Waals surface area contributed by atoms with Crippen molar-refractivity contribution in [1.82, 2.24) is 4.57 Å². The van der Waals surface area contributed by atoms with Crippen LogP contribution in [0.2, 0.25) is 0 Å². The highest BCUT2D eigenvalue weighted by atomic mass is 16.1. The Morgan fingerprint density at radius 1 is 0.958 bits per heavy atom. The van der Waals surface area contributed by atoms with Gasteiger partial charge in [-0.05, 0) is 24.4 Å². The van der Waals surface area contributed by atoms with E-state index in [0.717, 1.165) is 5.39 Å². The van der Waals surface area contributed by atoms with E-state index in [1.165, 1.54) is 11.5 Å². The van der Waals surface area contributed by atoms with Gasteiger partial charge in [0.2, 0.25) is 0 Å². The summed E-state index contributed by atoms with van der Waals surface area (Å²) in [4.78, 5) is 36.7. The average molecular weight is 319 g/mol. The van der Waals surface area contributed by atoms with Crippen LogP contribution in [0.15, 0.2) is 65.5 Å². The lowest BCUT2D eigenvalue weighted by molar-refractivity contribution is -0.117. The smallest absolute Gasteiger partial charge is 0.255 e. The molecule has 0 N–H and O–H groups in total. The fourth-order valence-corrected chi connectivity index (χ4v) is 2.79. The lowest BCUT2D eigenvalue weighted by Gasteiger charge is -2.11. The summed E-state index contributed by atoms with van der Waals surface area (Å²) in [6.45, 7) is 1.45. The molecule has 0 aliphatic rings. The number of nitrogens with zero attached hydrogens (tertiary/aromatic N) is 1. The Hall–Kier alpha value is -3.01. The van der Waals surface area contributed by atoms with Gasteiger partial charge in [-0.3, -0.25) is 14.4 Å². The van der Waals surface area contributed by atoms with Crippen molar-refractivity contribution < 1.29 is 9.59 Å². The highest BCUT2D eigenvalue weighted by molar-refractivity contribution is 5.97. The number of rotatable bonds is 5. The molecule has 0 saturated heterocycles. The molecule has 1 aromatic heterocycles. The second kappa shape index (κ2) is 6.62. The number of aromatic nitrogens is 1. The first kappa shape index (κ1) is 15.9. The third kappa shape index (κ3) is 3.18. The van der Waals surface area contributed by atoms with Crippen molar-refractivity contribution in [3.05, 3.63) is 82.1 Å². The first-order chi connectivity index (χ1) is 11.6. The molecule has 0 aliphatic heterocycles. The zero-order chi connectivity index (χ0) is 17.1. The monoisotopic (exact) mass is 319 g/mol. The minimum absolute atomic E-state index is 0.00666. The number of para-hydroxylation sites is 1. The van der Waals surface area contributed by atoms with E-state index in [1.807, 2.05) is 30.3 Å². The molecule has 0 saturated carbocycles. The predicted molar refractivity (Wildman–Crippen MR) is 93.4 cm³/mol. The van der Waals surface area contributed by atoms with E-state index < -0.39 is 0 Å². The van der Waals surface area contributed by atoms with Gasteiger partial charge in [0.15, 0.2) is 5.78 Å². The lowest BCUT2D eigenvalue weighted by Crippen LogP contribution is -2.27. The summed E-state index contributed by atoms with van der Waals surface area (Å²) in [5.41, 5.74) is 1.40. The molecule has 0 spiro atoms. The van der Waals surface area contributed by atoms with Gasteiger partial charge in [0.25, 0.3) is 5.56 Å². The molecule has 4 nitrogen and oxygen atoms in total. The first-order valence-corrected chi connectivity index (χ1v) is 7.75. The second-order valence-electron chi connectivity index (χ2n) is 5.79. The van der Waals surface area contributed by atoms with Crippen molar-refractivity contribution in [3.63, 3.8) is 0 Å². The van der Waals surface area contributed by atoms with Gasteiger partial charge < -0.3 is 4.57 Å². The molecule has 0 fully saturated rings. The minimum Gasteiger partial charge on any atom is -0.301 e. The Labute approximate surface area is 139 Å². The third-order valence-electron chi connectivity index (χ3n) is 3.90. The number of carbonyl (C=O) groups is 2. The van der Waals surface area contributed by atoms with Crippen molar-refractivity contribution in [2.24, 2.45) is 0 Å². The Kier molecular flexibility index (Phi) is 4.38. The average Bonchev–Trinajstić information content (AvgIpc) is 2.59. The topological polar surface area (TPSA) is 56.1 Å². The maximum Gasteiger partial charge on any atom is 0.255 e. The van der Waals surface area contributed by atoms with E-state index in [2.05, 4.69) is 0 Å². The van der Waals surface area contributed by atoms with Gasteiger partial charge in [-0.1, -0.05) is 48.5 Å². The van der Waals surface area contributed by atoms with E-state index in [9.17, 15) is 14.4 Å². The number of carbonyl (C=O) groups excluding carboxylic acids is 2. The standard InChI is InChI=1S/C20H17NO3/c1-14(22)13-21-18-10-6-5-9-16(18)11-17(20(21)24)12-19(23)15-7-3-2-4-8-15/h2-11H,12-13H2,1H3. The summed E-state index contributed by atoms with van der Waals surface area (Å²) in [6, 6.07) is 18.0. The molecule has 0 amide bonds. The summed E-state index contributed by atoms with van der Waals surface area (Å²) in [7, 11) is 0. The minimum atomic E-state index is -0.284. The predicted octanol–water partition coefficient (Wildman–Crippen LogP) is 3.02. The molecule has 3 aromatic rings. The van der Waals surface area contributed by atoms with Gasteiger partial charge >= 0.3 is 0 Å². The SMILES string of the molecule is CC(=O)Cn1c(=O)c(CC(=O)c2ccccc2)cc2ccccc21. The number of Topliss-reactive ketones (excluding diaryl/α,β-unsaturated/α-hetero) is 2. The second-order valence-corrected chi connectivity index (χ2v) is 5.79. The largest absolute Gasteiger partial charge is 0.301 e. The molecule has 0 aliphatic carbocycles. The third-order valence-corrected chi connectivity index (χ3v) is 3.90. The van der Waals surface area contributed by atoms with Crippen LogP contribution in [-0.2, 0) is 17.8 Å². The van der Waals surface area contributed by atoms with E-state index in [1.54, 1.807) is 30.3 Å². The molecule has 1 heterocycles. The van der Waals surface area contributed by atoms with Crippen LogP contribution in [0.1, 0.15) is 22.8 Å². The van der Waals surface area contributed by atoms with Crippen LogP contribution in [0.5, 0.6) is 0 Å². The summed E-state index contributed by atoms with van der Waals surface area (Å²) in [5.74, 6) is -0.217. The van der Waals surface area contributed by atoms with Crippen LogP contribution in [0.4, 0.5) is 0 Å². The molecule has 0 atom stereocenters. The Morgan fingerprint density at radius 2 is 1.62 bits per heavy atom. The Bertz CT molecular complexity index is 971. The lowest BCUT2D eigenvalue weighted by atomic mass is 10.0. The van der Waals surface area contributed by atoms with Crippen LogP contribution < -0.4 is 5.56 Å². The van der Waals surface area contributed by atoms with E-state index in [4.69, 9.17) is 0 Å². The van der Waals surface area contributed by atoms with Crippen molar-refractivity contribution in [3.8, 4) is 0 Å². The van der Waals surface area contributed by atoms with Crippen molar-refractivity contribution in [1.29, 1.82) is 0 Å². The highest BCUT2D eigenvalue weighted by Gasteiger charge is 2.14. The molecule has 2 aromatic carbocycles. The van der Waals surface area contributed by atoms with Gasteiger partial charge in [0.1, 0.15) is 5.78 Å². The number of benzene rings is 2. The number of fused-ring (bicyclic) bond motifs is 1. The molecule has 120 valence electrons. The molecule has 0 bridgehead atoms. The van der Waals surface area contributed by atoms with Crippen molar-refractivity contribution in [2.45, 2.75) is 19.9 Å². The van der Waals surface area contributed by atoms with Gasteiger partial charge in [-0.2, -0.15) is 0 Å². The van der Waals surface area contributed by atoms with Crippen LogP contribution in [0, 0.1) is 0 Å². The van der Waals surface area contributed by atoms with Gasteiger partial charge in [0, 0.05) is 17.5 Å². The number of ketones is 2. The van der Waals surface area contributed by atoms with Crippen LogP contribution in [-0.4, -0.2) is 16.1 Å². The fraction of sp³-hybridized carbons (Fsp3) is 0.150. The quantitative estimate of drug-likeness (QED) is 0.679. The Balaban J connectivity index is 2.08. The van der Waals surface area contributed by atoms with E-state index >= 15 is 0 Å². The van der Waals surface area contributed by atoms with E-state index in [0.29, 0.717) is 16.6 Å². The van der Waals surface area contributed by atoms with Gasteiger partial charge in [-0.25, -0.2) is 0 Å². The normalized spacial score (nSPS) is 10.7. The zero-order valence-corrected chi connectivity index (χ0v) is 13.4. The molecular formula is C20H17NO3. The Morgan fingerprint density at radius 3 is 2.33 bits per heavy atom. The van der Waals surface area contributed by atoms with Gasteiger partial charge in [-0.15, -0.1) is 0 Å². The maximum absolute atomic E-state index is 12.7. The molecule has 3 rings (SSSR count). The first-order valence-electron chi connectivity index (χ1n) is 7.75. The van der Waals surface area contributed by atoms with Crippen LogP contribution in [0.3, 0.4) is 0 Å². The summed E-state index contributed by atoms with van der Waals surface area (Å²) < 4.78 is 1.45. The fourth-order valence-electron chi connectivity index (χ4n) is 2.79. The highest BCUT2D eigenvalue weighted by Crippen LogP contribution is 2.15. The summed E-state index contributed by atoms with van der Waals surface area (Å²) >= 11 is 0. The van der Waals surface area contributed by atoms with E-state index in [-0.39, 0.29) is 30.1 Å². The number of hydrogen-bond acceptors (Lipinski definition) is 3. The van der Waals surface area contributed by atoms with Crippen molar-refractivity contribution in [2.75, 3.05) is 0 Å². The van der Waals surface area contributed by atoms with Crippen LogP contribution >= 0.6 is 0 Å². The number of pyridine rings is 1. The van der Waals surface area contributed by atoms with Crippen LogP contribution in [0.25, 0.3) is 10.9 Å². The van der Waals surface area contributed by atoms with Gasteiger partial charge in [0.05, 0.1) is 12.1 Å². The molecular weight excluding hydrogens is 302 g/mol. The summed E-state index contributed by atoms with van der Waals surface area (Å²) in [6.07, 6.45) is 0.0194. The maximum atomic E-state index is 12.7. The van der Waals surface area contributed by atoms with Crippen molar-refractivity contribution >= 4 is 22.5 Å². The number of hydrogen-bond donors (Lipinski definition) is 0. The molecule has 0 unspecified atom stereocenters.